The molecule has 0 saturated heterocycles. The second-order valence-corrected chi connectivity index (χ2v) is 5.52. The van der Waals surface area contributed by atoms with E-state index in [1.165, 1.54) is 7.11 Å². The van der Waals surface area contributed by atoms with Gasteiger partial charge in [-0.2, -0.15) is 0 Å². The Bertz CT molecular complexity index is 863. The van der Waals surface area contributed by atoms with Gasteiger partial charge in [0.05, 0.1) is 36.4 Å². The number of hydrogen-bond acceptors (Lipinski definition) is 7. The molecule has 0 amide bonds. The van der Waals surface area contributed by atoms with Gasteiger partial charge in [-0.3, -0.25) is 0 Å². The van der Waals surface area contributed by atoms with E-state index in [1.807, 2.05) is 18.2 Å². The quantitative estimate of drug-likeness (QED) is 0.847. The first-order valence-electron chi connectivity index (χ1n) is 7.76. The predicted molar refractivity (Wildman–Crippen MR) is 91.0 cm³/mol. The van der Waals surface area contributed by atoms with Crippen LogP contribution in [0.1, 0.15) is 15.9 Å². The number of nitrogens with one attached hydrogen (secondary N) is 1. The number of esters is 1. The number of hydrogen-bond donors (Lipinski definition) is 1. The maximum atomic E-state index is 11.7. The lowest BCUT2D eigenvalue weighted by molar-refractivity contribution is 0.0600. The van der Waals surface area contributed by atoms with Crippen LogP contribution in [-0.2, 0) is 9.47 Å². The number of ether oxygens (including phenoxy) is 4. The van der Waals surface area contributed by atoms with Crippen molar-refractivity contribution in [3.8, 4) is 11.5 Å². The van der Waals surface area contributed by atoms with Crippen LogP contribution < -0.4 is 14.8 Å². The average Bonchev–Trinajstić information content (AvgIpc) is 3.09. The van der Waals surface area contributed by atoms with Gasteiger partial charge in [-0.15, -0.1) is 0 Å². The molecular formula is C18H16N2O5. The van der Waals surface area contributed by atoms with Crippen LogP contribution in [0.15, 0.2) is 41.4 Å². The fourth-order valence-corrected chi connectivity index (χ4v) is 2.70. The molecule has 128 valence electrons. The molecular weight excluding hydrogens is 324 g/mol. The number of fused-ring (bicyclic) bond motifs is 2. The van der Waals surface area contributed by atoms with E-state index in [1.54, 1.807) is 18.2 Å². The predicted octanol–water partition coefficient (Wildman–Crippen LogP) is 2.72. The molecule has 0 aromatic heterocycles. The summed E-state index contributed by atoms with van der Waals surface area (Å²) in [6.07, 6.45) is 0. The lowest BCUT2D eigenvalue weighted by Crippen LogP contribution is -2.17. The summed E-state index contributed by atoms with van der Waals surface area (Å²) >= 11 is 0. The van der Waals surface area contributed by atoms with Gasteiger partial charge < -0.3 is 24.3 Å². The molecule has 7 nitrogen and oxygen atoms in total. The summed E-state index contributed by atoms with van der Waals surface area (Å²) in [5.74, 6) is 1.02. The Hall–Kier alpha value is -3.06. The minimum Gasteiger partial charge on any atom is -0.465 e. The standard InChI is InChI=1S/C18H16N2O5/c1-22-18(21)12-2-4-13-14(6-12)19-9-23-8-15(20-13)11-3-5-16-17(7-11)25-10-24-16/h2-7,19H,8-10H2,1H3/b20-15+. The van der Waals surface area contributed by atoms with Gasteiger partial charge in [0.15, 0.2) is 11.5 Å². The summed E-state index contributed by atoms with van der Waals surface area (Å²) in [5.41, 5.74) is 3.56. The maximum Gasteiger partial charge on any atom is 0.337 e. The molecule has 2 aromatic carbocycles. The highest BCUT2D eigenvalue weighted by Crippen LogP contribution is 2.34. The lowest BCUT2D eigenvalue weighted by atomic mass is 10.1. The number of nitrogens with zero attached hydrogens (tertiary/aromatic N) is 1. The minimum atomic E-state index is -0.396. The molecule has 0 bridgehead atoms. The van der Waals surface area contributed by atoms with E-state index in [4.69, 9.17) is 23.9 Å². The second-order valence-electron chi connectivity index (χ2n) is 5.52. The number of rotatable bonds is 2. The molecule has 4 rings (SSSR count). The highest BCUT2D eigenvalue weighted by molar-refractivity contribution is 6.04. The van der Waals surface area contributed by atoms with Crippen LogP contribution >= 0.6 is 0 Å². The number of methoxy groups -OCH3 is 1. The Morgan fingerprint density at radius 3 is 2.92 bits per heavy atom. The van der Waals surface area contributed by atoms with Crippen LogP contribution in [0.5, 0.6) is 11.5 Å². The van der Waals surface area contributed by atoms with Gasteiger partial charge in [0.2, 0.25) is 6.79 Å². The Labute approximate surface area is 144 Å². The van der Waals surface area contributed by atoms with Gasteiger partial charge in [-0.1, -0.05) is 0 Å². The fourth-order valence-electron chi connectivity index (χ4n) is 2.70. The molecule has 2 aliphatic heterocycles. The zero-order valence-corrected chi connectivity index (χ0v) is 13.6. The first kappa shape index (κ1) is 15.5. The minimum absolute atomic E-state index is 0.227. The van der Waals surface area contributed by atoms with Gasteiger partial charge in [0.1, 0.15) is 6.73 Å². The highest BCUT2D eigenvalue weighted by Gasteiger charge is 2.17. The maximum absolute atomic E-state index is 11.7. The monoisotopic (exact) mass is 340 g/mol. The summed E-state index contributed by atoms with van der Waals surface area (Å²) < 4.78 is 21.1. The van der Waals surface area contributed by atoms with Crippen molar-refractivity contribution in [3.63, 3.8) is 0 Å². The SMILES string of the molecule is COC(=O)c1ccc2c(c1)NCOC/C(c1ccc3c(c1)OCO3)=N\2. The van der Waals surface area contributed by atoms with Crippen LogP contribution in [0.4, 0.5) is 11.4 Å². The van der Waals surface area contributed by atoms with E-state index in [9.17, 15) is 4.79 Å². The molecule has 0 saturated carbocycles. The van der Waals surface area contributed by atoms with E-state index in [2.05, 4.69) is 5.32 Å². The molecule has 2 heterocycles. The molecule has 7 heteroatoms. The van der Waals surface area contributed by atoms with Crippen LogP contribution in [0.2, 0.25) is 0 Å². The van der Waals surface area contributed by atoms with Crippen molar-refractivity contribution in [1.82, 2.24) is 0 Å². The van der Waals surface area contributed by atoms with Crippen molar-refractivity contribution < 1.29 is 23.7 Å². The zero-order valence-electron chi connectivity index (χ0n) is 13.6. The normalized spacial score (nSPS) is 17.4. The summed E-state index contributed by atoms with van der Waals surface area (Å²) in [4.78, 5) is 16.4. The third-order valence-corrected chi connectivity index (χ3v) is 3.98. The van der Waals surface area contributed by atoms with Gasteiger partial charge in [0.25, 0.3) is 0 Å². The van der Waals surface area contributed by atoms with E-state index in [0.717, 1.165) is 22.7 Å². The Balaban J connectivity index is 1.73. The Morgan fingerprint density at radius 2 is 2.04 bits per heavy atom. The van der Waals surface area contributed by atoms with Crippen molar-refractivity contribution in [2.75, 3.05) is 32.6 Å². The molecule has 0 aliphatic carbocycles. The number of benzene rings is 2. The molecule has 0 spiro atoms. The van der Waals surface area contributed by atoms with Crippen molar-refractivity contribution in [2.45, 2.75) is 0 Å². The summed E-state index contributed by atoms with van der Waals surface area (Å²) in [5, 5.41) is 3.12. The molecule has 1 N–H and O–H groups in total. The fraction of sp³-hybridized carbons (Fsp3) is 0.222. The van der Waals surface area contributed by atoms with Crippen LogP contribution in [0, 0.1) is 0 Å². The molecule has 0 fully saturated rings. The van der Waals surface area contributed by atoms with Gasteiger partial charge in [-0.05, 0) is 36.4 Å². The number of anilines is 1. The van der Waals surface area contributed by atoms with E-state index in [0.29, 0.717) is 30.3 Å². The van der Waals surface area contributed by atoms with Crippen LogP contribution in [-0.4, -0.2) is 38.9 Å². The second kappa shape index (κ2) is 6.45. The highest BCUT2D eigenvalue weighted by atomic mass is 16.7. The van der Waals surface area contributed by atoms with E-state index in [-0.39, 0.29) is 6.79 Å². The Kier molecular flexibility index (Phi) is 3.99. The van der Waals surface area contributed by atoms with Crippen molar-refractivity contribution in [1.29, 1.82) is 0 Å². The summed E-state index contributed by atoms with van der Waals surface area (Å²) in [7, 11) is 1.35. The molecule has 0 unspecified atom stereocenters. The van der Waals surface area contributed by atoms with E-state index >= 15 is 0 Å². The molecule has 2 aromatic rings. The molecule has 25 heavy (non-hydrogen) atoms. The van der Waals surface area contributed by atoms with Gasteiger partial charge >= 0.3 is 5.97 Å². The summed E-state index contributed by atoms with van der Waals surface area (Å²) in [6.45, 7) is 0.886. The first-order valence-corrected chi connectivity index (χ1v) is 7.76. The summed E-state index contributed by atoms with van der Waals surface area (Å²) in [6, 6.07) is 10.9. The van der Waals surface area contributed by atoms with Crippen molar-refractivity contribution in [2.24, 2.45) is 4.99 Å². The molecule has 0 atom stereocenters. The van der Waals surface area contributed by atoms with E-state index < -0.39 is 5.97 Å². The average molecular weight is 340 g/mol. The Morgan fingerprint density at radius 1 is 1.16 bits per heavy atom. The number of aliphatic imine (C=N–C) groups is 1. The third-order valence-electron chi connectivity index (χ3n) is 3.98. The third kappa shape index (κ3) is 3.01. The van der Waals surface area contributed by atoms with Crippen molar-refractivity contribution >= 4 is 23.1 Å². The van der Waals surface area contributed by atoms with Crippen LogP contribution in [0.3, 0.4) is 0 Å². The molecule has 2 aliphatic rings. The number of carbonyl (C=O) groups excluding carboxylic acids is 1. The zero-order chi connectivity index (χ0) is 17.2. The lowest BCUT2D eigenvalue weighted by Gasteiger charge is -2.17. The van der Waals surface area contributed by atoms with Crippen LogP contribution in [0.25, 0.3) is 0 Å². The van der Waals surface area contributed by atoms with Gasteiger partial charge in [0, 0.05) is 5.56 Å². The van der Waals surface area contributed by atoms with Gasteiger partial charge in [-0.25, -0.2) is 9.79 Å². The first-order chi connectivity index (χ1) is 12.2. The number of carbonyl (C=O) groups is 1. The topological polar surface area (TPSA) is 78.4 Å². The largest absolute Gasteiger partial charge is 0.465 e. The van der Waals surface area contributed by atoms with Crippen molar-refractivity contribution in [3.05, 3.63) is 47.5 Å². The molecule has 0 radical (unpaired) electrons. The smallest absolute Gasteiger partial charge is 0.337 e.